The van der Waals surface area contributed by atoms with E-state index in [-0.39, 0.29) is 16.3 Å². The zero-order valence-corrected chi connectivity index (χ0v) is 14.3. The fourth-order valence-electron chi connectivity index (χ4n) is 2.44. The average Bonchev–Trinajstić information content (AvgIpc) is 2.77. The van der Waals surface area contributed by atoms with Crippen LogP contribution in [-0.2, 0) is 9.59 Å². The molecule has 1 saturated heterocycles. The van der Waals surface area contributed by atoms with Gasteiger partial charge in [-0.3, -0.25) is 9.59 Å². The number of carbonyl (C=O) groups is 3. The van der Waals surface area contributed by atoms with Crippen LogP contribution < -0.4 is 10.2 Å². The van der Waals surface area contributed by atoms with E-state index in [1.54, 1.807) is 5.32 Å². The Balaban J connectivity index is 2.30. The first kappa shape index (κ1) is 19.5. The van der Waals surface area contributed by atoms with Crippen molar-refractivity contribution in [3.05, 3.63) is 28.3 Å². The van der Waals surface area contributed by atoms with Crippen molar-refractivity contribution >= 4 is 35.1 Å². The fraction of sp³-hybridized carbons (Fsp3) is 0.333. The van der Waals surface area contributed by atoms with Gasteiger partial charge in [0.1, 0.15) is 12.1 Å². The molecule has 0 aliphatic carbocycles. The van der Waals surface area contributed by atoms with Gasteiger partial charge in [0.2, 0.25) is 0 Å². The molecule has 4 amide bonds. The number of nitrogens with one attached hydrogen (secondary N) is 1. The molecule has 1 aromatic carbocycles. The molecule has 1 N–H and O–H groups in total. The first-order chi connectivity index (χ1) is 12.0. The van der Waals surface area contributed by atoms with E-state index in [0.717, 1.165) is 9.80 Å². The van der Waals surface area contributed by atoms with Crippen LogP contribution in [0.25, 0.3) is 0 Å². The second kappa shape index (κ2) is 6.84. The van der Waals surface area contributed by atoms with Gasteiger partial charge in [0.15, 0.2) is 0 Å². The summed E-state index contributed by atoms with van der Waals surface area (Å²) in [6.45, 7) is 0.802. The molecule has 1 aliphatic rings. The molecule has 0 aromatic heterocycles. The van der Waals surface area contributed by atoms with Gasteiger partial charge >= 0.3 is 18.1 Å². The Bertz CT molecular complexity index is 835. The number of amides is 4. The van der Waals surface area contributed by atoms with Gasteiger partial charge in [-0.2, -0.15) is 18.4 Å². The first-order valence-corrected chi connectivity index (χ1v) is 7.53. The molecule has 26 heavy (non-hydrogen) atoms. The minimum absolute atomic E-state index is 0.0575. The lowest BCUT2D eigenvalue weighted by Gasteiger charge is -2.17. The number of anilines is 1. The van der Waals surface area contributed by atoms with Gasteiger partial charge in [-0.25, -0.2) is 9.69 Å². The molecular weight excluding hydrogens is 377 g/mol. The number of benzene rings is 1. The maximum Gasteiger partial charge on any atom is 0.471 e. The zero-order chi connectivity index (χ0) is 19.8. The number of halogens is 4. The van der Waals surface area contributed by atoms with Gasteiger partial charge in [-0.05, 0) is 24.6 Å². The van der Waals surface area contributed by atoms with E-state index in [1.165, 1.54) is 26.1 Å². The van der Waals surface area contributed by atoms with E-state index < -0.39 is 36.6 Å². The lowest BCUT2D eigenvalue weighted by molar-refractivity contribution is -0.173. The van der Waals surface area contributed by atoms with Crippen LogP contribution in [0.3, 0.4) is 0 Å². The molecule has 7 nitrogen and oxygen atoms in total. The van der Waals surface area contributed by atoms with Crippen molar-refractivity contribution in [1.29, 1.82) is 5.26 Å². The molecule has 1 aromatic rings. The van der Waals surface area contributed by atoms with Crippen molar-refractivity contribution in [3.63, 3.8) is 0 Å². The van der Waals surface area contributed by atoms with E-state index in [0.29, 0.717) is 5.56 Å². The van der Waals surface area contributed by atoms with Gasteiger partial charge in [0, 0.05) is 13.6 Å². The Morgan fingerprint density at radius 3 is 2.54 bits per heavy atom. The van der Waals surface area contributed by atoms with Crippen molar-refractivity contribution in [2.75, 3.05) is 18.5 Å². The molecule has 0 bridgehead atoms. The highest BCUT2D eigenvalue weighted by Gasteiger charge is 2.46. The minimum atomic E-state index is -5.10. The summed E-state index contributed by atoms with van der Waals surface area (Å²) < 4.78 is 36.8. The number of hydrogen-bond donors (Lipinski definition) is 1. The van der Waals surface area contributed by atoms with Crippen LogP contribution in [0, 0.1) is 18.3 Å². The molecule has 0 saturated carbocycles. The summed E-state index contributed by atoms with van der Waals surface area (Å²) in [5.41, 5.74) is 0.552. The highest BCUT2D eigenvalue weighted by Crippen LogP contribution is 2.33. The van der Waals surface area contributed by atoms with Crippen molar-refractivity contribution in [2.45, 2.75) is 19.1 Å². The van der Waals surface area contributed by atoms with Crippen LogP contribution in [0.2, 0.25) is 5.02 Å². The van der Waals surface area contributed by atoms with E-state index in [4.69, 9.17) is 16.9 Å². The third-order valence-corrected chi connectivity index (χ3v) is 4.39. The van der Waals surface area contributed by atoms with Gasteiger partial charge in [-0.15, -0.1) is 0 Å². The van der Waals surface area contributed by atoms with Crippen molar-refractivity contribution in [2.24, 2.45) is 0 Å². The van der Waals surface area contributed by atoms with E-state index in [1.807, 2.05) is 6.07 Å². The van der Waals surface area contributed by atoms with Crippen molar-refractivity contribution in [1.82, 2.24) is 10.2 Å². The molecule has 11 heteroatoms. The van der Waals surface area contributed by atoms with Gasteiger partial charge in [0.05, 0.1) is 16.3 Å². The molecule has 0 radical (unpaired) electrons. The molecule has 0 spiro atoms. The number of urea groups is 1. The molecule has 0 unspecified atom stereocenters. The van der Waals surface area contributed by atoms with Crippen LogP contribution in [0.15, 0.2) is 12.1 Å². The number of carbonyl (C=O) groups excluding carboxylic acids is 3. The van der Waals surface area contributed by atoms with E-state index >= 15 is 0 Å². The molecule has 2 rings (SSSR count). The van der Waals surface area contributed by atoms with Crippen LogP contribution in [0.5, 0.6) is 0 Å². The van der Waals surface area contributed by atoms with E-state index in [2.05, 4.69) is 0 Å². The van der Waals surface area contributed by atoms with Crippen LogP contribution in [0.1, 0.15) is 11.1 Å². The first-order valence-electron chi connectivity index (χ1n) is 7.15. The summed E-state index contributed by atoms with van der Waals surface area (Å²) in [5, 5.41) is 10.6. The Hall–Kier alpha value is -2.80. The van der Waals surface area contributed by atoms with Crippen LogP contribution in [-0.4, -0.2) is 48.6 Å². The maximum absolute atomic E-state index is 12.5. The quantitative estimate of drug-likeness (QED) is 0.801. The second-order valence-electron chi connectivity index (χ2n) is 5.47. The van der Waals surface area contributed by atoms with Crippen molar-refractivity contribution in [3.8, 4) is 6.07 Å². The lowest BCUT2D eigenvalue weighted by atomic mass is 10.1. The summed E-state index contributed by atoms with van der Waals surface area (Å²) in [5.74, 6) is -3.02. The van der Waals surface area contributed by atoms with Crippen molar-refractivity contribution < 1.29 is 27.6 Å². The normalized spacial score (nSPS) is 17.5. The SMILES string of the molecule is Cc1c(N2C(=O)[C@H](CNC(=O)C(F)(F)F)N(C)C2=O)ccc(C#N)c1Cl. The molecule has 138 valence electrons. The minimum Gasteiger partial charge on any atom is -0.346 e. The average molecular weight is 389 g/mol. The standard InChI is InChI=1S/C15H12ClF3N4O3/c1-7-9(4-3-8(5-20)11(7)16)23-12(24)10(22(2)14(23)26)6-21-13(25)15(17,18)19/h3-4,10H,6H2,1-2H3,(H,21,25)/t10-/m0/s1. The highest BCUT2D eigenvalue weighted by atomic mass is 35.5. The largest absolute Gasteiger partial charge is 0.471 e. The third kappa shape index (κ3) is 3.30. The number of nitriles is 1. The molecule has 1 aliphatic heterocycles. The van der Waals surface area contributed by atoms with Gasteiger partial charge < -0.3 is 10.2 Å². The number of likely N-dealkylation sites (N-methyl/N-ethyl adjacent to an activating group) is 1. The topological polar surface area (TPSA) is 93.5 Å². The Labute approximate surface area is 150 Å². The number of imide groups is 1. The molecule has 1 fully saturated rings. The zero-order valence-electron chi connectivity index (χ0n) is 13.5. The third-order valence-electron chi connectivity index (χ3n) is 3.90. The molecular formula is C15H12ClF3N4O3. The Morgan fingerprint density at radius 1 is 1.38 bits per heavy atom. The Morgan fingerprint density at radius 2 is 2.00 bits per heavy atom. The highest BCUT2D eigenvalue weighted by molar-refractivity contribution is 6.33. The van der Waals surface area contributed by atoms with E-state index in [9.17, 15) is 27.6 Å². The number of alkyl halides is 3. The fourth-order valence-corrected chi connectivity index (χ4v) is 2.64. The molecule has 1 heterocycles. The predicted octanol–water partition coefficient (Wildman–Crippen LogP) is 1.97. The molecule has 1 atom stereocenters. The summed E-state index contributed by atoms with van der Waals surface area (Å²) in [6.07, 6.45) is -5.10. The summed E-state index contributed by atoms with van der Waals surface area (Å²) in [4.78, 5) is 37.5. The monoisotopic (exact) mass is 388 g/mol. The summed E-state index contributed by atoms with van der Waals surface area (Å²) in [7, 11) is 1.23. The van der Waals surface area contributed by atoms with Crippen LogP contribution in [0.4, 0.5) is 23.7 Å². The summed E-state index contributed by atoms with van der Waals surface area (Å²) in [6, 6.07) is 2.44. The second-order valence-corrected chi connectivity index (χ2v) is 5.85. The Kier molecular flexibility index (Phi) is 5.13. The maximum atomic E-state index is 12.5. The predicted molar refractivity (Wildman–Crippen MR) is 84.4 cm³/mol. The van der Waals surface area contributed by atoms with Gasteiger partial charge in [-0.1, -0.05) is 11.6 Å². The van der Waals surface area contributed by atoms with Crippen LogP contribution >= 0.6 is 11.6 Å². The van der Waals surface area contributed by atoms with Gasteiger partial charge in [0.25, 0.3) is 5.91 Å². The number of hydrogen-bond acceptors (Lipinski definition) is 4. The number of nitrogens with zero attached hydrogens (tertiary/aromatic N) is 3. The number of rotatable bonds is 3. The summed E-state index contributed by atoms with van der Waals surface area (Å²) >= 11 is 6.03. The lowest BCUT2D eigenvalue weighted by Crippen LogP contribution is -2.46. The smallest absolute Gasteiger partial charge is 0.346 e.